The molecule has 22 heavy (non-hydrogen) atoms. The summed E-state index contributed by atoms with van der Waals surface area (Å²) in [4.78, 5) is 6.99. The monoisotopic (exact) mass is 317 g/mol. The maximum absolute atomic E-state index is 13.0. The predicted octanol–water partition coefficient (Wildman–Crippen LogP) is 1.40. The van der Waals surface area contributed by atoms with Crippen LogP contribution in [-0.2, 0) is 9.84 Å². The molecule has 0 spiro atoms. The van der Waals surface area contributed by atoms with Gasteiger partial charge in [0.15, 0.2) is 9.84 Å². The molecule has 116 valence electrons. The van der Waals surface area contributed by atoms with Gasteiger partial charge in [0.1, 0.15) is 5.37 Å². The summed E-state index contributed by atoms with van der Waals surface area (Å²) in [5, 5.41) is 3.56. The molecule has 2 fully saturated rings. The van der Waals surface area contributed by atoms with Crippen molar-refractivity contribution in [3.05, 3.63) is 36.5 Å². The molecule has 2 atom stereocenters. The third-order valence-electron chi connectivity index (χ3n) is 4.75. The first kappa shape index (κ1) is 14.1. The van der Waals surface area contributed by atoms with E-state index < -0.39 is 15.2 Å². The molecule has 2 unspecified atom stereocenters. The number of pyridine rings is 1. The van der Waals surface area contributed by atoms with Crippen molar-refractivity contribution >= 4 is 20.7 Å². The third-order valence-corrected chi connectivity index (χ3v) is 6.80. The molecule has 1 aromatic heterocycles. The first-order valence-electron chi connectivity index (χ1n) is 7.71. The number of hydrogen-bond donors (Lipinski definition) is 1. The van der Waals surface area contributed by atoms with E-state index in [-0.39, 0.29) is 0 Å². The molecular formula is C16H19N3O2S. The van der Waals surface area contributed by atoms with E-state index in [1.807, 2.05) is 18.2 Å². The van der Waals surface area contributed by atoms with E-state index in [4.69, 9.17) is 0 Å². The van der Waals surface area contributed by atoms with E-state index in [1.54, 1.807) is 18.3 Å². The zero-order valence-corrected chi connectivity index (χ0v) is 13.1. The SMILES string of the molecule is O=S(=O)(c1cccc2cccnc12)C1CC(N2CCC2)CN1. The van der Waals surface area contributed by atoms with Crippen molar-refractivity contribution in [1.29, 1.82) is 0 Å². The predicted molar refractivity (Wildman–Crippen MR) is 85.3 cm³/mol. The Bertz CT molecular complexity index is 797. The Labute approximate surface area is 130 Å². The lowest BCUT2D eigenvalue weighted by Crippen LogP contribution is -2.45. The zero-order chi connectivity index (χ0) is 15.2. The van der Waals surface area contributed by atoms with Crippen LogP contribution < -0.4 is 5.32 Å². The lowest BCUT2D eigenvalue weighted by molar-refractivity contribution is 0.128. The first-order chi connectivity index (χ1) is 10.7. The molecule has 1 aromatic carbocycles. The molecule has 6 heteroatoms. The second kappa shape index (κ2) is 5.30. The molecule has 4 rings (SSSR count). The molecule has 5 nitrogen and oxygen atoms in total. The van der Waals surface area contributed by atoms with E-state index >= 15 is 0 Å². The number of nitrogens with one attached hydrogen (secondary N) is 1. The second-order valence-corrected chi connectivity index (χ2v) is 8.15. The van der Waals surface area contributed by atoms with Gasteiger partial charge in [-0.25, -0.2) is 8.42 Å². The first-order valence-corrected chi connectivity index (χ1v) is 9.26. The molecule has 1 N–H and O–H groups in total. The number of sulfone groups is 1. The van der Waals surface area contributed by atoms with Gasteiger partial charge in [-0.15, -0.1) is 0 Å². The van der Waals surface area contributed by atoms with Crippen LogP contribution in [0, 0.1) is 0 Å². The number of hydrogen-bond acceptors (Lipinski definition) is 5. The van der Waals surface area contributed by atoms with Crippen LogP contribution in [-0.4, -0.2) is 49.4 Å². The Morgan fingerprint density at radius 1 is 1.18 bits per heavy atom. The summed E-state index contributed by atoms with van der Waals surface area (Å²) >= 11 is 0. The largest absolute Gasteiger partial charge is 0.299 e. The van der Waals surface area contributed by atoms with Crippen LogP contribution in [0.2, 0.25) is 0 Å². The number of benzene rings is 1. The number of likely N-dealkylation sites (tertiary alicyclic amines) is 1. The molecular weight excluding hydrogens is 298 g/mol. The fraction of sp³-hybridized carbons (Fsp3) is 0.438. The van der Waals surface area contributed by atoms with Crippen LogP contribution in [0.25, 0.3) is 10.9 Å². The molecule has 0 amide bonds. The Hall–Kier alpha value is -1.50. The maximum Gasteiger partial charge on any atom is 0.196 e. The van der Waals surface area contributed by atoms with E-state index in [1.165, 1.54) is 6.42 Å². The Balaban J connectivity index is 1.68. The summed E-state index contributed by atoms with van der Waals surface area (Å²) < 4.78 is 26.0. The van der Waals surface area contributed by atoms with Crippen molar-refractivity contribution in [2.75, 3.05) is 19.6 Å². The Kier molecular flexibility index (Phi) is 3.40. The van der Waals surface area contributed by atoms with Crippen molar-refractivity contribution in [3.8, 4) is 0 Å². The fourth-order valence-corrected chi connectivity index (χ4v) is 5.17. The molecule has 2 aliphatic rings. The van der Waals surface area contributed by atoms with Gasteiger partial charge in [-0.1, -0.05) is 18.2 Å². The van der Waals surface area contributed by atoms with Crippen LogP contribution in [0.4, 0.5) is 0 Å². The van der Waals surface area contributed by atoms with Crippen LogP contribution in [0.15, 0.2) is 41.4 Å². The lowest BCUT2D eigenvalue weighted by atomic mass is 10.1. The van der Waals surface area contributed by atoms with E-state index in [0.29, 0.717) is 22.9 Å². The standard InChI is InChI=1S/C16H19N3O2S/c20-22(21,15-10-13(11-18-15)19-8-3-9-19)14-6-1-4-12-5-2-7-17-16(12)14/h1-2,4-7,13,15,18H,3,8-11H2. The number of para-hydroxylation sites is 1. The molecule has 0 bridgehead atoms. The summed E-state index contributed by atoms with van der Waals surface area (Å²) in [5.74, 6) is 0. The van der Waals surface area contributed by atoms with Gasteiger partial charge >= 0.3 is 0 Å². The smallest absolute Gasteiger partial charge is 0.196 e. The molecule has 0 aliphatic carbocycles. The number of fused-ring (bicyclic) bond motifs is 1. The topological polar surface area (TPSA) is 62.3 Å². The molecule has 3 heterocycles. The molecule has 0 saturated carbocycles. The molecule has 2 aliphatic heterocycles. The summed E-state index contributed by atoms with van der Waals surface area (Å²) in [6.45, 7) is 2.94. The zero-order valence-electron chi connectivity index (χ0n) is 12.3. The van der Waals surface area contributed by atoms with Gasteiger partial charge < -0.3 is 0 Å². The van der Waals surface area contributed by atoms with E-state index in [2.05, 4.69) is 15.2 Å². The summed E-state index contributed by atoms with van der Waals surface area (Å²) in [6, 6.07) is 9.42. The minimum atomic E-state index is -3.42. The highest BCUT2D eigenvalue weighted by molar-refractivity contribution is 7.92. The fourth-order valence-electron chi connectivity index (χ4n) is 3.36. The van der Waals surface area contributed by atoms with Crippen molar-refractivity contribution in [2.45, 2.75) is 29.2 Å². The van der Waals surface area contributed by atoms with Crippen LogP contribution >= 0.6 is 0 Å². The highest BCUT2D eigenvalue weighted by Gasteiger charge is 2.39. The van der Waals surface area contributed by atoms with Crippen molar-refractivity contribution < 1.29 is 8.42 Å². The summed E-state index contributed by atoms with van der Waals surface area (Å²) in [5.41, 5.74) is 0.569. The minimum Gasteiger partial charge on any atom is -0.299 e. The Morgan fingerprint density at radius 2 is 2.00 bits per heavy atom. The quantitative estimate of drug-likeness (QED) is 0.927. The van der Waals surface area contributed by atoms with Crippen molar-refractivity contribution in [2.24, 2.45) is 0 Å². The maximum atomic E-state index is 13.0. The van der Waals surface area contributed by atoms with Crippen molar-refractivity contribution in [1.82, 2.24) is 15.2 Å². The van der Waals surface area contributed by atoms with E-state index in [0.717, 1.165) is 25.0 Å². The van der Waals surface area contributed by atoms with Gasteiger partial charge in [0.2, 0.25) is 0 Å². The lowest BCUT2D eigenvalue weighted by Gasteiger charge is -2.35. The van der Waals surface area contributed by atoms with Gasteiger partial charge in [0.05, 0.1) is 10.4 Å². The number of nitrogens with zero attached hydrogens (tertiary/aromatic N) is 2. The summed E-state index contributed by atoms with van der Waals surface area (Å²) in [7, 11) is -3.42. The normalized spacial score (nSPS) is 26.2. The van der Waals surface area contributed by atoms with Gasteiger partial charge in [0.25, 0.3) is 0 Å². The number of rotatable bonds is 3. The summed E-state index contributed by atoms with van der Waals surface area (Å²) in [6.07, 6.45) is 3.53. The second-order valence-electron chi connectivity index (χ2n) is 6.05. The third kappa shape index (κ3) is 2.22. The van der Waals surface area contributed by atoms with Gasteiger partial charge in [-0.05, 0) is 38.1 Å². The number of aromatic nitrogens is 1. The minimum absolute atomic E-state index is 0.340. The Morgan fingerprint density at radius 3 is 2.77 bits per heavy atom. The molecule has 2 saturated heterocycles. The van der Waals surface area contributed by atoms with Gasteiger partial charge in [-0.3, -0.25) is 15.2 Å². The van der Waals surface area contributed by atoms with Gasteiger partial charge in [0, 0.05) is 24.2 Å². The van der Waals surface area contributed by atoms with Crippen LogP contribution in [0.3, 0.4) is 0 Å². The van der Waals surface area contributed by atoms with E-state index in [9.17, 15) is 8.42 Å². The molecule has 2 aromatic rings. The molecule has 0 radical (unpaired) electrons. The van der Waals surface area contributed by atoms with Crippen LogP contribution in [0.1, 0.15) is 12.8 Å². The highest BCUT2D eigenvalue weighted by atomic mass is 32.2. The average Bonchev–Trinajstić information content (AvgIpc) is 2.95. The van der Waals surface area contributed by atoms with Crippen molar-refractivity contribution in [3.63, 3.8) is 0 Å². The highest BCUT2D eigenvalue weighted by Crippen LogP contribution is 2.29. The van der Waals surface area contributed by atoms with Gasteiger partial charge in [-0.2, -0.15) is 0 Å². The van der Waals surface area contributed by atoms with Crippen LogP contribution in [0.5, 0.6) is 0 Å². The average molecular weight is 317 g/mol.